The first kappa shape index (κ1) is 26.1. The van der Waals surface area contributed by atoms with Crippen molar-refractivity contribution >= 4 is 52.5 Å². The van der Waals surface area contributed by atoms with Gasteiger partial charge in [0.15, 0.2) is 11.0 Å². The SMILES string of the molecule is CCn1c(SCC(=O)Nc2ccccc2C)nnc1[C@@H](NC(=O)c1ccc(Cl)c(Cl)c1)C(C)C. The molecule has 1 aromatic heterocycles. The second-order valence-electron chi connectivity index (χ2n) is 8.06. The summed E-state index contributed by atoms with van der Waals surface area (Å²) >= 11 is 13.3. The van der Waals surface area contributed by atoms with Crippen LogP contribution in [0.4, 0.5) is 5.69 Å². The third-order valence-corrected chi connectivity index (χ3v) is 6.93. The maximum absolute atomic E-state index is 12.9. The van der Waals surface area contributed by atoms with Crippen LogP contribution in [0.2, 0.25) is 10.0 Å². The van der Waals surface area contributed by atoms with Gasteiger partial charge in [-0.15, -0.1) is 10.2 Å². The maximum atomic E-state index is 12.9. The Labute approximate surface area is 213 Å². The van der Waals surface area contributed by atoms with Gasteiger partial charge in [0.25, 0.3) is 5.91 Å². The standard InChI is InChI=1S/C24H27Cl2N5O2S/c1-5-31-22(21(14(2)3)28-23(33)16-10-11-17(25)18(26)12-16)29-30-24(31)34-13-20(32)27-19-9-7-6-8-15(19)4/h6-12,14,21H,5,13H2,1-4H3,(H,27,32)(H,28,33)/t21-/m0/s1. The summed E-state index contributed by atoms with van der Waals surface area (Å²) in [6.45, 7) is 8.51. The molecule has 0 fully saturated rings. The van der Waals surface area contributed by atoms with E-state index in [0.717, 1.165) is 11.3 Å². The lowest BCUT2D eigenvalue weighted by Crippen LogP contribution is -2.33. The van der Waals surface area contributed by atoms with E-state index in [0.29, 0.717) is 33.1 Å². The molecule has 7 nitrogen and oxygen atoms in total. The van der Waals surface area contributed by atoms with Gasteiger partial charge >= 0.3 is 0 Å². The van der Waals surface area contributed by atoms with Crippen molar-refractivity contribution in [1.82, 2.24) is 20.1 Å². The number of carbonyl (C=O) groups excluding carboxylic acids is 2. The van der Waals surface area contributed by atoms with E-state index in [-0.39, 0.29) is 29.5 Å². The molecule has 0 radical (unpaired) electrons. The Bertz CT molecular complexity index is 1180. The topological polar surface area (TPSA) is 88.9 Å². The number of benzene rings is 2. The highest BCUT2D eigenvalue weighted by atomic mass is 35.5. The fourth-order valence-corrected chi connectivity index (χ4v) is 4.46. The first-order chi connectivity index (χ1) is 16.2. The van der Waals surface area contributed by atoms with Gasteiger partial charge in [-0.2, -0.15) is 0 Å². The van der Waals surface area contributed by atoms with Crippen LogP contribution in [0.3, 0.4) is 0 Å². The number of aromatic nitrogens is 3. The summed E-state index contributed by atoms with van der Waals surface area (Å²) in [5.74, 6) is 0.458. The van der Waals surface area contributed by atoms with Gasteiger partial charge in [0.1, 0.15) is 0 Å². The van der Waals surface area contributed by atoms with E-state index in [4.69, 9.17) is 23.2 Å². The number of halogens is 2. The number of hydrogen-bond donors (Lipinski definition) is 2. The number of nitrogens with one attached hydrogen (secondary N) is 2. The van der Waals surface area contributed by atoms with Crippen LogP contribution in [0.5, 0.6) is 0 Å². The molecule has 0 bridgehead atoms. The Morgan fingerprint density at radius 3 is 2.47 bits per heavy atom. The van der Waals surface area contributed by atoms with Gasteiger partial charge in [0.2, 0.25) is 5.91 Å². The van der Waals surface area contributed by atoms with Crippen LogP contribution < -0.4 is 10.6 Å². The zero-order chi connectivity index (χ0) is 24.8. The van der Waals surface area contributed by atoms with Gasteiger partial charge in [-0.3, -0.25) is 9.59 Å². The minimum absolute atomic E-state index is 0.0448. The molecule has 3 rings (SSSR count). The van der Waals surface area contributed by atoms with Crippen molar-refractivity contribution in [2.45, 2.75) is 45.4 Å². The molecule has 0 aliphatic carbocycles. The molecular formula is C24H27Cl2N5O2S. The monoisotopic (exact) mass is 519 g/mol. The summed E-state index contributed by atoms with van der Waals surface area (Å²) < 4.78 is 1.92. The van der Waals surface area contributed by atoms with Crippen LogP contribution in [-0.2, 0) is 11.3 Å². The van der Waals surface area contributed by atoms with Crippen molar-refractivity contribution in [1.29, 1.82) is 0 Å². The van der Waals surface area contributed by atoms with E-state index >= 15 is 0 Å². The third kappa shape index (κ3) is 6.31. The zero-order valence-electron chi connectivity index (χ0n) is 19.4. The Kier molecular flexibility index (Phi) is 8.99. The fourth-order valence-electron chi connectivity index (χ4n) is 3.35. The minimum atomic E-state index is -0.385. The molecule has 2 aromatic carbocycles. The van der Waals surface area contributed by atoms with Crippen LogP contribution >= 0.6 is 35.0 Å². The average molecular weight is 520 g/mol. The molecule has 3 aromatic rings. The minimum Gasteiger partial charge on any atom is -0.342 e. The Balaban J connectivity index is 1.73. The van der Waals surface area contributed by atoms with E-state index in [9.17, 15) is 9.59 Å². The molecule has 0 saturated heterocycles. The molecule has 2 amide bonds. The number of thioether (sulfide) groups is 1. The van der Waals surface area contributed by atoms with E-state index < -0.39 is 0 Å². The molecule has 180 valence electrons. The van der Waals surface area contributed by atoms with E-state index in [2.05, 4.69) is 20.8 Å². The van der Waals surface area contributed by atoms with E-state index in [1.165, 1.54) is 17.8 Å². The highest BCUT2D eigenvalue weighted by Crippen LogP contribution is 2.27. The lowest BCUT2D eigenvalue weighted by atomic mass is 10.0. The van der Waals surface area contributed by atoms with Crippen LogP contribution in [0.25, 0.3) is 0 Å². The number of rotatable bonds is 9. The number of hydrogen-bond acceptors (Lipinski definition) is 5. The number of carbonyl (C=O) groups is 2. The quantitative estimate of drug-likeness (QED) is 0.350. The van der Waals surface area contributed by atoms with Crippen molar-refractivity contribution in [3.05, 3.63) is 69.5 Å². The molecule has 2 N–H and O–H groups in total. The summed E-state index contributed by atoms with van der Waals surface area (Å²) in [5, 5.41) is 15.9. The first-order valence-electron chi connectivity index (χ1n) is 10.9. The second-order valence-corrected chi connectivity index (χ2v) is 9.82. The Morgan fingerprint density at radius 2 is 1.82 bits per heavy atom. The van der Waals surface area contributed by atoms with Crippen molar-refractivity contribution in [3.8, 4) is 0 Å². The van der Waals surface area contributed by atoms with Gasteiger partial charge in [0, 0.05) is 17.8 Å². The molecule has 1 atom stereocenters. The van der Waals surface area contributed by atoms with Crippen molar-refractivity contribution in [2.24, 2.45) is 5.92 Å². The highest BCUT2D eigenvalue weighted by molar-refractivity contribution is 7.99. The van der Waals surface area contributed by atoms with Crippen molar-refractivity contribution < 1.29 is 9.59 Å². The van der Waals surface area contributed by atoms with E-state index in [1.807, 2.05) is 56.5 Å². The number of aryl methyl sites for hydroxylation is 1. The lowest BCUT2D eigenvalue weighted by Gasteiger charge is -2.22. The summed E-state index contributed by atoms with van der Waals surface area (Å²) in [6, 6.07) is 12.0. The highest BCUT2D eigenvalue weighted by Gasteiger charge is 2.26. The predicted octanol–water partition coefficient (Wildman–Crippen LogP) is 5.77. The molecule has 0 saturated carbocycles. The summed E-state index contributed by atoms with van der Waals surface area (Å²) in [6.07, 6.45) is 0. The molecular weight excluding hydrogens is 493 g/mol. The summed E-state index contributed by atoms with van der Waals surface area (Å²) in [5.41, 5.74) is 2.19. The molecule has 10 heteroatoms. The lowest BCUT2D eigenvalue weighted by molar-refractivity contribution is -0.113. The van der Waals surface area contributed by atoms with Gasteiger partial charge in [0.05, 0.1) is 21.8 Å². The summed E-state index contributed by atoms with van der Waals surface area (Å²) in [7, 11) is 0. The van der Waals surface area contributed by atoms with E-state index in [1.54, 1.807) is 12.1 Å². The third-order valence-electron chi connectivity index (χ3n) is 5.23. The Morgan fingerprint density at radius 1 is 1.09 bits per heavy atom. The summed E-state index contributed by atoms with van der Waals surface area (Å²) in [4.78, 5) is 25.4. The molecule has 1 heterocycles. The van der Waals surface area contributed by atoms with Gasteiger partial charge in [-0.1, -0.05) is 67.0 Å². The van der Waals surface area contributed by atoms with Gasteiger partial charge in [-0.25, -0.2) is 0 Å². The normalized spacial score (nSPS) is 12.0. The zero-order valence-corrected chi connectivity index (χ0v) is 21.8. The maximum Gasteiger partial charge on any atom is 0.251 e. The van der Waals surface area contributed by atoms with Crippen LogP contribution in [0, 0.1) is 12.8 Å². The molecule has 0 aliphatic rings. The van der Waals surface area contributed by atoms with Gasteiger partial charge in [-0.05, 0) is 49.6 Å². The van der Waals surface area contributed by atoms with Crippen LogP contribution in [0.1, 0.15) is 48.6 Å². The molecule has 0 spiro atoms. The largest absolute Gasteiger partial charge is 0.342 e. The molecule has 34 heavy (non-hydrogen) atoms. The average Bonchev–Trinajstić information content (AvgIpc) is 3.21. The van der Waals surface area contributed by atoms with Crippen LogP contribution in [0.15, 0.2) is 47.6 Å². The fraction of sp³-hybridized carbons (Fsp3) is 0.333. The number of nitrogens with zero attached hydrogens (tertiary/aromatic N) is 3. The molecule has 0 aliphatic heterocycles. The smallest absolute Gasteiger partial charge is 0.251 e. The predicted molar refractivity (Wildman–Crippen MR) is 138 cm³/mol. The second kappa shape index (κ2) is 11.7. The first-order valence-corrected chi connectivity index (χ1v) is 12.6. The number of anilines is 1. The van der Waals surface area contributed by atoms with Gasteiger partial charge < -0.3 is 15.2 Å². The number of para-hydroxylation sites is 1. The van der Waals surface area contributed by atoms with Crippen molar-refractivity contribution in [2.75, 3.05) is 11.1 Å². The Hall–Kier alpha value is -2.55. The molecule has 0 unspecified atom stereocenters. The number of amides is 2. The van der Waals surface area contributed by atoms with Crippen LogP contribution in [-0.4, -0.2) is 32.3 Å². The van der Waals surface area contributed by atoms with Crippen molar-refractivity contribution in [3.63, 3.8) is 0 Å².